The third-order valence-corrected chi connectivity index (χ3v) is 11.9. The Kier molecular flexibility index (Phi) is 25.4. The maximum absolute atomic E-state index is 15.1. The summed E-state index contributed by atoms with van der Waals surface area (Å²) in [5.41, 5.74) is 0.676. The van der Waals surface area contributed by atoms with Crippen LogP contribution in [0.5, 0.6) is 23.1 Å². The predicted molar refractivity (Wildman–Crippen MR) is 257 cm³/mol. The molecule has 1 aromatic carbocycles. The van der Waals surface area contributed by atoms with Gasteiger partial charge in [0.25, 0.3) is 15.9 Å². The highest BCUT2D eigenvalue weighted by Crippen LogP contribution is 2.45. The van der Waals surface area contributed by atoms with Gasteiger partial charge in [0.2, 0.25) is 11.6 Å². The lowest BCUT2D eigenvalue weighted by Crippen LogP contribution is -2.42. The monoisotopic (exact) mass is 1150 g/mol. The zero-order chi connectivity index (χ0) is 58.0. The Morgan fingerprint density at radius 2 is 1.25 bits per heavy atom. The van der Waals surface area contributed by atoms with Crippen molar-refractivity contribution in [2.75, 3.05) is 64.3 Å². The molecule has 0 saturated carbocycles. The number of hydrogen-bond donors (Lipinski definition) is 6. The third-order valence-electron chi connectivity index (χ3n) is 10.1. The van der Waals surface area contributed by atoms with E-state index in [9.17, 15) is 14.4 Å². The molecule has 2 atom stereocenters. The molecule has 4 heterocycles. The van der Waals surface area contributed by atoms with Crippen LogP contribution in [-0.4, -0.2) is 181 Å². The van der Waals surface area contributed by atoms with E-state index in [2.05, 4.69) is 45.0 Å². The Morgan fingerprint density at radius 3 is 1.84 bits per heavy atom. The fourth-order valence-electron chi connectivity index (χ4n) is 6.45. The highest BCUT2D eigenvalue weighted by molar-refractivity contribution is 7.92. The molecule has 2 unspecified atom stereocenters. The van der Waals surface area contributed by atoms with Crippen LogP contribution in [0.1, 0.15) is 64.2 Å². The largest absolute Gasteiger partial charge is 0.510 e. The van der Waals surface area contributed by atoms with Crippen molar-refractivity contribution in [3.05, 3.63) is 66.5 Å². The number of tetrazole rings is 1. The lowest BCUT2D eigenvalue weighted by molar-refractivity contribution is -0.492. The zero-order valence-electron chi connectivity index (χ0n) is 43.2. The van der Waals surface area contributed by atoms with Gasteiger partial charge < -0.3 is 42.6 Å². The second-order valence-electron chi connectivity index (χ2n) is 15.9. The number of sulfonamides is 1. The van der Waals surface area contributed by atoms with E-state index in [4.69, 9.17) is 78.9 Å². The van der Waals surface area contributed by atoms with E-state index in [-0.39, 0.29) is 113 Å². The molecule has 0 aliphatic carbocycles. The van der Waals surface area contributed by atoms with Crippen molar-refractivity contribution in [3.8, 4) is 46.0 Å². The van der Waals surface area contributed by atoms with E-state index in [1.807, 2.05) is 0 Å². The highest BCUT2D eigenvalue weighted by Gasteiger charge is 2.39. The van der Waals surface area contributed by atoms with E-state index in [0.29, 0.717) is 9.87 Å². The number of anilines is 1. The number of hydrogen-bond acceptors (Lipinski definition) is 33. The molecule has 4 aromatic heterocycles. The van der Waals surface area contributed by atoms with E-state index in [1.165, 1.54) is 69.7 Å². The van der Waals surface area contributed by atoms with Crippen LogP contribution in [0.3, 0.4) is 0 Å². The highest BCUT2D eigenvalue weighted by atomic mass is 32.2. The van der Waals surface area contributed by atoms with Crippen molar-refractivity contribution in [2.45, 2.75) is 76.8 Å². The van der Waals surface area contributed by atoms with Gasteiger partial charge in [-0.05, 0) is 106 Å². The van der Waals surface area contributed by atoms with Crippen molar-refractivity contribution in [3.63, 3.8) is 0 Å². The molecule has 0 bridgehead atoms. The quantitative estimate of drug-likeness (QED) is 0.0104. The second-order valence-corrected chi connectivity index (χ2v) is 17.7. The Bertz CT molecular complexity index is 2840. The summed E-state index contributed by atoms with van der Waals surface area (Å²) >= 11 is 0. The van der Waals surface area contributed by atoms with E-state index >= 15 is 8.42 Å². The number of pyridine rings is 2. The van der Waals surface area contributed by atoms with Gasteiger partial charge in [0, 0.05) is 18.0 Å². The molecule has 0 saturated heterocycles. The summed E-state index contributed by atoms with van der Waals surface area (Å²) in [5, 5.41) is 62.1. The van der Waals surface area contributed by atoms with Gasteiger partial charge in [0.1, 0.15) is 18.9 Å². The molecular weight excluding hydrogens is 1100 g/mol. The first-order valence-electron chi connectivity index (χ1n) is 23.8. The number of methoxy groups -OCH3 is 1. The lowest BCUT2D eigenvalue weighted by atomic mass is 10.2. The molecule has 0 aliphatic rings. The maximum atomic E-state index is 15.1. The van der Waals surface area contributed by atoms with Crippen LogP contribution in [0.25, 0.3) is 22.9 Å². The number of ether oxygens (including phenoxy) is 9. The number of carbonyl (C=O) groups excluding carboxylic acids is 3. The minimum atomic E-state index is -5.02. The number of benzene rings is 1. The molecule has 5 rings (SSSR count). The normalized spacial score (nSPS) is 12.2. The van der Waals surface area contributed by atoms with Crippen LogP contribution >= 0.6 is 0 Å². The van der Waals surface area contributed by atoms with Crippen LogP contribution in [0.4, 0.5) is 20.2 Å². The SMILES string of the molecule is COc1ccccc1Oc1c(OCCOC(=O)OCCCCON(O)O)nc(-c2ccnc(-c3nnnn3C(C)OC(=O)OCCCCON(O)O)c2)nc1N(C(C)OC(=O)OCCCCON(O)O)S(=O)(=O)c1ccc(C)cn1. The molecule has 0 radical (unpaired) electrons. The van der Waals surface area contributed by atoms with Crippen molar-refractivity contribution >= 4 is 34.3 Å². The molecule has 0 aliphatic heterocycles. The summed E-state index contributed by atoms with van der Waals surface area (Å²) in [6.45, 7) is 2.37. The third kappa shape index (κ3) is 20.1. The van der Waals surface area contributed by atoms with Gasteiger partial charge in [-0.25, -0.2) is 28.7 Å². The van der Waals surface area contributed by atoms with Crippen LogP contribution < -0.4 is 18.5 Å². The fraction of sp³-hybridized carbons (Fsp3) is 0.455. The van der Waals surface area contributed by atoms with Gasteiger partial charge in [-0.1, -0.05) is 18.2 Å². The number of unbranched alkanes of at least 4 members (excludes halogenated alkanes) is 3. The molecule has 5 aromatic rings. The molecule has 438 valence electrons. The molecule has 0 amide bonds. The first-order valence-corrected chi connectivity index (χ1v) is 25.3. The summed E-state index contributed by atoms with van der Waals surface area (Å²) in [4.78, 5) is 69.9. The van der Waals surface area contributed by atoms with Crippen molar-refractivity contribution in [1.82, 2.24) is 56.3 Å². The van der Waals surface area contributed by atoms with Crippen molar-refractivity contribution < 1.29 is 111 Å². The summed E-state index contributed by atoms with van der Waals surface area (Å²) in [6.07, 6.45) is -2.67. The Hall–Kier alpha value is -7.85. The van der Waals surface area contributed by atoms with E-state index in [0.717, 1.165) is 4.68 Å². The average Bonchev–Trinajstić information content (AvgIpc) is 4.06. The van der Waals surface area contributed by atoms with Gasteiger partial charge >= 0.3 is 18.5 Å². The Balaban J connectivity index is 1.59. The molecular formula is C44H58N12O23S. The van der Waals surface area contributed by atoms with Gasteiger partial charge in [0.15, 0.2) is 40.6 Å². The standard InChI is InChI=1S/C44H58N12O23S/c1-29-15-16-36(46-28-29)80(66,67)53(31(3)78-44(59)72-21-9-12-24-76-56(64)65)40-37(79-35-14-6-5-13-34(35)68-4)41(69-25-26-73-42(57)70-19-7-10-22-74-54(60)61)48-38(47-40)32-17-18-45-33(27-32)39-49-50-51-52(39)30(2)77-43(58)71-20-8-11-23-75-55(62)63/h5-6,13-18,27-28,30-31,60-65H,7-12,19-26H2,1-4H3. The zero-order valence-corrected chi connectivity index (χ0v) is 44.0. The summed E-state index contributed by atoms with van der Waals surface area (Å²) in [7, 11) is -3.68. The Labute approximate surface area is 454 Å². The van der Waals surface area contributed by atoms with Crippen LogP contribution in [0.15, 0.2) is 66.0 Å². The number of rotatable bonds is 34. The second kappa shape index (κ2) is 32.3. The number of para-hydroxylation sites is 2. The topological polar surface area (TPSA) is 426 Å². The fourth-order valence-corrected chi connectivity index (χ4v) is 7.87. The average molecular weight is 1160 g/mol. The van der Waals surface area contributed by atoms with Gasteiger partial charge in [-0.2, -0.15) is 18.1 Å². The first-order chi connectivity index (χ1) is 38.4. The van der Waals surface area contributed by atoms with Crippen molar-refractivity contribution in [2.24, 2.45) is 0 Å². The minimum absolute atomic E-state index is 0.0210. The van der Waals surface area contributed by atoms with Crippen LogP contribution in [-0.2, 0) is 53.0 Å². The molecule has 0 spiro atoms. The maximum Gasteiger partial charge on any atom is 0.510 e. The number of carbonyl (C=O) groups is 3. The summed E-state index contributed by atoms with van der Waals surface area (Å²) < 4.78 is 81.6. The molecule has 6 N–H and O–H groups in total. The molecule has 0 fully saturated rings. The van der Waals surface area contributed by atoms with E-state index in [1.54, 1.807) is 19.1 Å². The minimum Gasteiger partial charge on any atom is -0.493 e. The van der Waals surface area contributed by atoms with Gasteiger partial charge in [-0.3, -0.25) is 50.7 Å². The van der Waals surface area contributed by atoms with Gasteiger partial charge in [-0.15, -0.1) is 5.10 Å². The van der Waals surface area contributed by atoms with Crippen LogP contribution in [0.2, 0.25) is 0 Å². The number of aryl methyl sites for hydroxylation is 1. The molecule has 80 heavy (non-hydrogen) atoms. The summed E-state index contributed by atoms with van der Waals surface area (Å²) in [5.74, 6) is -1.99. The predicted octanol–water partition coefficient (Wildman–Crippen LogP) is 4.97. The number of aromatic nitrogens is 8. The lowest BCUT2D eigenvalue weighted by Gasteiger charge is -2.30. The van der Waals surface area contributed by atoms with Gasteiger partial charge in [0.05, 0.1) is 62.9 Å². The Morgan fingerprint density at radius 1 is 0.675 bits per heavy atom. The molecule has 36 heteroatoms. The first kappa shape index (κ1) is 63.0. The van der Waals surface area contributed by atoms with E-state index < -0.39 is 92.8 Å². The summed E-state index contributed by atoms with van der Waals surface area (Å²) in [6, 6.07) is 11.6. The smallest absolute Gasteiger partial charge is 0.493 e. The van der Waals surface area contributed by atoms with Crippen LogP contribution in [0, 0.1) is 6.92 Å². The number of nitrogens with zero attached hydrogens (tertiary/aromatic N) is 12. The molecule has 35 nitrogen and oxygen atoms in total. The van der Waals surface area contributed by atoms with Crippen molar-refractivity contribution in [1.29, 1.82) is 0 Å².